The molecule has 0 saturated heterocycles. The topological polar surface area (TPSA) is 82.2 Å². The minimum Gasteiger partial charge on any atom is -0.493 e. The van der Waals surface area contributed by atoms with Gasteiger partial charge in [-0.15, -0.1) is 10.2 Å². The lowest BCUT2D eigenvalue weighted by Crippen LogP contribution is -2.14. The van der Waals surface area contributed by atoms with Crippen LogP contribution in [0.25, 0.3) is 22.6 Å². The Hall–Kier alpha value is -2.68. The number of carbonyl (C=O) groups is 1. The molecule has 2 aromatic heterocycles. The van der Waals surface area contributed by atoms with Gasteiger partial charge in [0.2, 0.25) is 5.91 Å². The maximum absolute atomic E-state index is 12.3. The van der Waals surface area contributed by atoms with E-state index in [1.807, 2.05) is 31.3 Å². The summed E-state index contributed by atoms with van der Waals surface area (Å²) in [4.78, 5) is 12.3. The zero-order valence-electron chi connectivity index (χ0n) is 16.0. The van der Waals surface area contributed by atoms with E-state index in [1.54, 1.807) is 29.9 Å². The van der Waals surface area contributed by atoms with E-state index in [2.05, 4.69) is 15.5 Å². The fraction of sp³-hybridized carbons (Fsp3) is 0.150. The van der Waals surface area contributed by atoms with Gasteiger partial charge in [-0.25, -0.2) is 0 Å². The molecular formula is C20H16Cl2N4O3S. The average molecular weight is 463 g/mol. The quantitative estimate of drug-likeness (QED) is 0.392. The number of amides is 1. The molecule has 4 aromatic rings. The number of hydrogen-bond donors (Lipinski definition) is 1. The van der Waals surface area contributed by atoms with E-state index in [4.69, 9.17) is 32.4 Å². The molecule has 154 valence electrons. The van der Waals surface area contributed by atoms with Gasteiger partial charge in [0.15, 0.2) is 28.1 Å². The lowest BCUT2D eigenvalue weighted by molar-refractivity contribution is -0.113. The number of hydrogen-bond acceptors (Lipinski definition) is 6. The summed E-state index contributed by atoms with van der Waals surface area (Å²) in [5, 5.41) is 13.5. The number of fused-ring (bicyclic) bond motifs is 1. The first-order valence-corrected chi connectivity index (χ1v) is 10.5. The van der Waals surface area contributed by atoms with Crippen molar-refractivity contribution in [3.05, 3.63) is 52.5 Å². The van der Waals surface area contributed by atoms with Crippen molar-refractivity contribution in [3.8, 4) is 17.3 Å². The second kappa shape index (κ2) is 8.59. The molecule has 0 aliphatic carbocycles. The molecule has 10 heteroatoms. The van der Waals surface area contributed by atoms with Gasteiger partial charge >= 0.3 is 0 Å². The van der Waals surface area contributed by atoms with Gasteiger partial charge in [0.05, 0.1) is 23.6 Å². The van der Waals surface area contributed by atoms with Crippen LogP contribution in [-0.2, 0) is 11.8 Å². The minimum atomic E-state index is -0.234. The van der Waals surface area contributed by atoms with Crippen molar-refractivity contribution in [2.75, 3.05) is 18.2 Å². The summed E-state index contributed by atoms with van der Waals surface area (Å²) < 4.78 is 13.0. The molecular weight excluding hydrogens is 447 g/mol. The summed E-state index contributed by atoms with van der Waals surface area (Å²) in [6.45, 7) is 0. The van der Waals surface area contributed by atoms with Crippen molar-refractivity contribution in [2.24, 2.45) is 7.05 Å². The van der Waals surface area contributed by atoms with E-state index >= 15 is 0 Å². The Morgan fingerprint density at radius 2 is 2.07 bits per heavy atom. The van der Waals surface area contributed by atoms with E-state index in [1.165, 1.54) is 11.8 Å². The predicted molar refractivity (Wildman–Crippen MR) is 119 cm³/mol. The SMILES string of the molecule is COc1cccc2cc(-c3nnc(SCC(=O)Nc4cc(Cl)ccc4Cl)n3C)oc12. The van der Waals surface area contributed by atoms with Crippen molar-refractivity contribution >= 4 is 57.5 Å². The average Bonchev–Trinajstić information content (AvgIpc) is 3.32. The summed E-state index contributed by atoms with van der Waals surface area (Å²) >= 11 is 13.3. The summed E-state index contributed by atoms with van der Waals surface area (Å²) in [6.07, 6.45) is 0. The maximum atomic E-state index is 12.3. The molecule has 0 aliphatic heterocycles. The summed E-state index contributed by atoms with van der Waals surface area (Å²) in [5.41, 5.74) is 1.11. The highest BCUT2D eigenvalue weighted by Crippen LogP contribution is 2.33. The van der Waals surface area contributed by atoms with Crippen LogP contribution in [0.15, 0.2) is 52.0 Å². The number of anilines is 1. The smallest absolute Gasteiger partial charge is 0.234 e. The van der Waals surface area contributed by atoms with Crippen molar-refractivity contribution in [1.29, 1.82) is 0 Å². The Bertz CT molecular complexity index is 1240. The van der Waals surface area contributed by atoms with Crippen LogP contribution >= 0.6 is 35.0 Å². The van der Waals surface area contributed by atoms with E-state index < -0.39 is 0 Å². The van der Waals surface area contributed by atoms with Crippen molar-refractivity contribution < 1.29 is 13.9 Å². The highest BCUT2D eigenvalue weighted by molar-refractivity contribution is 7.99. The first-order chi connectivity index (χ1) is 14.5. The van der Waals surface area contributed by atoms with Crippen LogP contribution in [0.1, 0.15) is 0 Å². The van der Waals surface area contributed by atoms with Crippen LogP contribution in [0.3, 0.4) is 0 Å². The zero-order chi connectivity index (χ0) is 21.3. The molecule has 0 atom stereocenters. The highest BCUT2D eigenvalue weighted by Gasteiger charge is 2.18. The van der Waals surface area contributed by atoms with Crippen LogP contribution in [0, 0.1) is 0 Å². The number of rotatable bonds is 6. The number of aromatic nitrogens is 3. The monoisotopic (exact) mass is 462 g/mol. The molecule has 0 unspecified atom stereocenters. The number of thioether (sulfide) groups is 1. The van der Waals surface area contributed by atoms with Crippen molar-refractivity contribution in [2.45, 2.75) is 5.16 Å². The van der Waals surface area contributed by atoms with Crippen molar-refractivity contribution in [3.63, 3.8) is 0 Å². The third-order valence-electron chi connectivity index (χ3n) is 4.32. The molecule has 2 heterocycles. The molecule has 0 aliphatic rings. The van der Waals surface area contributed by atoms with Gasteiger partial charge in [-0.3, -0.25) is 4.79 Å². The lowest BCUT2D eigenvalue weighted by atomic mass is 10.2. The molecule has 0 fully saturated rings. The van der Waals surface area contributed by atoms with Gasteiger partial charge in [0, 0.05) is 17.5 Å². The molecule has 2 aromatic carbocycles. The molecule has 0 bridgehead atoms. The third kappa shape index (κ3) is 4.12. The van der Waals surface area contributed by atoms with Crippen LogP contribution in [0.2, 0.25) is 10.0 Å². The number of para-hydroxylation sites is 1. The molecule has 0 radical (unpaired) electrons. The largest absolute Gasteiger partial charge is 0.493 e. The first kappa shape index (κ1) is 20.6. The zero-order valence-corrected chi connectivity index (χ0v) is 18.3. The van der Waals surface area contributed by atoms with Gasteiger partial charge in [-0.2, -0.15) is 0 Å². The number of nitrogens with zero attached hydrogens (tertiary/aromatic N) is 3. The van der Waals surface area contributed by atoms with E-state index in [9.17, 15) is 4.79 Å². The number of nitrogens with one attached hydrogen (secondary N) is 1. The van der Waals surface area contributed by atoms with Crippen molar-refractivity contribution in [1.82, 2.24) is 14.8 Å². The van der Waals surface area contributed by atoms with E-state index in [0.717, 1.165) is 5.39 Å². The molecule has 1 N–H and O–H groups in total. The minimum absolute atomic E-state index is 0.128. The third-order valence-corrected chi connectivity index (χ3v) is 5.90. The second-order valence-corrected chi connectivity index (χ2v) is 8.10. The molecule has 0 spiro atoms. The van der Waals surface area contributed by atoms with E-state index in [0.29, 0.717) is 43.8 Å². The van der Waals surface area contributed by atoms with Gasteiger partial charge in [-0.1, -0.05) is 47.1 Å². The van der Waals surface area contributed by atoms with Gasteiger partial charge in [-0.05, 0) is 30.3 Å². The van der Waals surface area contributed by atoms with Gasteiger partial charge < -0.3 is 19.0 Å². The van der Waals surface area contributed by atoms with Crippen LogP contribution in [0.5, 0.6) is 5.75 Å². The fourth-order valence-corrected chi connectivity index (χ4v) is 3.92. The molecule has 4 rings (SSSR count). The number of ether oxygens (including phenoxy) is 1. The summed E-state index contributed by atoms with van der Waals surface area (Å²) in [5.74, 6) is 1.65. The number of furan rings is 1. The Kier molecular flexibility index (Phi) is 5.90. The summed E-state index contributed by atoms with van der Waals surface area (Å²) in [7, 11) is 3.41. The number of methoxy groups -OCH3 is 1. The predicted octanol–water partition coefficient (Wildman–Crippen LogP) is 5.27. The molecule has 1 amide bonds. The Morgan fingerprint density at radius 1 is 1.23 bits per heavy atom. The molecule has 0 saturated carbocycles. The molecule has 7 nitrogen and oxygen atoms in total. The number of halogens is 2. The Labute approximate surface area is 186 Å². The van der Waals surface area contributed by atoms with E-state index in [-0.39, 0.29) is 11.7 Å². The highest BCUT2D eigenvalue weighted by atomic mass is 35.5. The fourth-order valence-electron chi connectivity index (χ4n) is 2.87. The van der Waals surface area contributed by atoms with Crippen LogP contribution in [-0.4, -0.2) is 33.5 Å². The Balaban J connectivity index is 1.48. The first-order valence-electron chi connectivity index (χ1n) is 8.80. The normalized spacial score (nSPS) is 11.1. The molecule has 30 heavy (non-hydrogen) atoms. The standard InChI is InChI=1S/C20H16Cl2N4O3S/c1-26-19(16-8-11-4-3-5-15(28-2)18(11)29-16)24-25-20(26)30-10-17(27)23-14-9-12(21)6-7-13(14)22/h3-9H,10H2,1-2H3,(H,23,27). The van der Waals surface area contributed by atoms with Gasteiger partial charge in [0.25, 0.3) is 0 Å². The summed E-state index contributed by atoms with van der Waals surface area (Å²) in [6, 6.07) is 12.4. The Morgan fingerprint density at radius 3 is 2.87 bits per heavy atom. The van der Waals surface area contributed by atoms with Crippen LogP contribution in [0.4, 0.5) is 5.69 Å². The second-order valence-electron chi connectivity index (χ2n) is 6.32. The lowest BCUT2D eigenvalue weighted by Gasteiger charge is -2.07. The van der Waals surface area contributed by atoms with Gasteiger partial charge in [0.1, 0.15) is 0 Å². The van der Waals surface area contributed by atoms with Crippen LogP contribution < -0.4 is 10.1 Å². The number of benzene rings is 2. The number of carbonyl (C=O) groups excluding carboxylic acids is 1. The maximum Gasteiger partial charge on any atom is 0.234 e.